The molecule has 0 aromatic carbocycles. The molecular weight excluding hydrogens is 228 g/mol. The van der Waals surface area contributed by atoms with Crippen molar-refractivity contribution in [3.05, 3.63) is 0 Å². The Hall–Kier alpha value is -0.610. The highest BCUT2D eigenvalue weighted by Crippen LogP contribution is 2.24. The Labute approximate surface area is 110 Å². The van der Waals surface area contributed by atoms with E-state index in [1.165, 1.54) is 0 Å². The molecule has 4 heteroatoms. The Morgan fingerprint density at radius 3 is 2.67 bits per heavy atom. The number of nitrogens with one attached hydrogen (secondary N) is 1. The van der Waals surface area contributed by atoms with E-state index in [4.69, 9.17) is 4.74 Å². The molecule has 0 aliphatic carbocycles. The lowest BCUT2D eigenvalue weighted by Crippen LogP contribution is -2.56. The van der Waals surface area contributed by atoms with Crippen molar-refractivity contribution in [1.29, 1.82) is 0 Å². The highest BCUT2D eigenvalue weighted by atomic mass is 16.5. The Kier molecular flexibility index (Phi) is 3.97. The molecule has 2 fully saturated rings. The number of hydrogen-bond donors (Lipinski definition) is 1. The first-order chi connectivity index (χ1) is 8.37. The third-order valence-corrected chi connectivity index (χ3v) is 3.80. The zero-order chi connectivity index (χ0) is 13.3. The van der Waals surface area contributed by atoms with Gasteiger partial charge in [0.05, 0.1) is 17.6 Å². The van der Waals surface area contributed by atoms with Gasteiger partial charge >= 0.3 is 0 Å². The lowest BCUT2D eigenvalue weighted by atomic mass is 9.90. The van der Waals surface area contributed by atoms with Crippen molar-refractivity contribution in [3.63, 3.8) is 0 Å². The normalized spacial score (nSPS) is 36.4. The van der Waals surface area contributed by atoms with Crippen molar-refractivity contribution in [1.82, 2.24) is 10.2 Å². The largest absolute Gasteiger partial charge is 0.369 e. The van der Waals surface area contributed by atoms with Crippen molar-refractivity contribution in [2.75, 3.05) is 26.2 Å². The zero-order valence-corrected chi connectivity index (χ0v) is 12.0. The van der Waals surface area contributed by atoms with Crippen molar-refractivity contribution < 1.29 is 9.53 Å². The Morgan fingerprint density at radius 2 is 2.06 bits per heavy atom. The first kappa shape index (κ1) is 13.8. The van der Waals surface area contributed by atoms with E-state index in [0.29, 0.717) is 18.4 Å². The number of amides is 1. The van der Waals surface area contributed by atoms with Crippen molar-refractivity contribution in [2.24, 2.45) is 11.8 Å². The highest BCUT2D eigenvalue weighted by Gasteiger charge is 2.37. The van der Waals surface area contributed by atoms with Crippen LogP contribution in [-0.4, -0.2) is 48.7 Å². The van der Waals surface area contributed by atoms with Crippen LogP contribution in [0.4, 0.5) is 0 Å². The summed E-state index contributed by atoms with van der Waals surface area (Å²) in [4.78, 5) is 14.6. The van der Waals surface area contributed by atoms with E-state index in [-0.39, 0.29) is 17.6 Å². The fraction of sp³-hybridized carbons (Fsp3) is 0.929. The summed E-state index contributed by atoms with van der Waals surface area (Å²) in [6, 6.07) is 0. The van der Waals surface area contributed by atoms with Crippen LogP contribution in [0, 0.1) is 11.8 Å². The summed E-state index contributed by atoms with van der Waals surface area (Å²) in [7, 11) is 0. The second kappa shape index (κ2) is 5.17. The monoisotopic (exact) mass is 254 g/mol. The van der Waals surface area contributed by atoms with Gasteiger partial charge < -0.3 is 15.0 Å². The molecule has 1 N–H and O–H groups in total. The molecule has 0 saturated carbocycles. The van der Waals surface area contributed by atoms with Gasteiger partial charge in [0.15, 0.2) is 0 Å². The fourth-order valence-corrected chi connectivity index (χ4v) is 3.22. The van der Waals surface area contributed by atoms with Crippen LogP contribution in [0.1, 0.15) is 34.1 Å². The second-order valence-corrected chi connectivity index (χ2v) is 6.60. The summed E-state index contributed by atoms with van der Waals surface area (Å²) in [5, 5.41) is 3.36. The topological polar surface area (TPSA) is 41.6 Å². The summed E-state index contributed by atoms with van der Waals surface area (Å²) in [6.45, 7) is 11.7. The van der Waals surface area contributed by atoms with E-state index in [1.54, 1.807) is 0 Å². The van der Waals surface area contributed by atoms with Gasteiger partial charge in [-0.25, -0.2) is 0 Å². The van der Waals surface area contributed by atoms with Gasteiger partial charge in [-0.2, -0.15) is 0 Å². The number of ether oxygens (including phenoxy) is 1. The molecule has 0 aromatic heterocycles. The van der Waals surface area contributed by atoms with Gasteiger partial charge in [0, 0.05) is 19.6 Å². The number of rotatable bonds is 1. The van der Waals surface area contributed by atoms with Gasteiger partial charge in [0.25, 0.3) is 0 Å². The summed E-state index contributed by atoms with van der Waals surface area (Å²) < 4.78 is 5.85. The predicted octanol–water partition coefficient (Wildman–Crippen LogP) is 1.26. The molecule has 2 aliphatic rings. The van der Waals surface area contributed by atoms with Crippen LogP contribution in [0.3, 0.4) is 0 Å². The first-order valence-corrected chi connectivity index (χ1v) is 7.05. The molecule has 0 radical (unpaired) electrons. The van der Waals surface area contributed by atoms with E-state index in [9.17, 15) is 4.79 Å². The molecule has 18 heavy (non-hydrogen) atoms. The average molecular weight is 254 g/mol. The zero-order valence-electron chi connectivity index (χ0n) is 12.0. The molecule has 2 aliphatic heterocycles. The average Bonchev–Trinajstić information content (AvgIpc) is 2.25. The van der Waals surface area contributed by atoms with Crippen LogP contribution in [0.2, 0.25) is 0 Å². The van der Waals surface area contributed by atoms with E-state index in [0.717, 1.165) is 26.1 Å². The van der Waals surface area contributed by atoms with Crippen LogP contribution in [0.5, 0.6) is 0 Å². The SMILES string of the molecule is CC1CNCC(C(=O)N2CC(C)OC(C)(C)C2)C1. The van der Waals surface area contributed by atoms with Crippen LogP contribution >= 0.6 is 0 Å². The first-order valence-electron chi connectivity index (χ1n) is 7.05. The molecule has 0 bridgehead atoms. The minimum atomic E-state index is -0.221. The molecule has 1 amide bonds. The summed E-state index contributed by atoms with van der Waals surface area (Å²) in [5.74, 6) is 1.05. The molecule has 4 nitrogen and oxygen atoms in total. The molecule has 0 aromatic rings. The van der Waals surface area contributed by atoms with E-state index >= 15 is 0 Å². The number of nitrogens with zero attached hydrogens (tertiary/aromatic N) is 1. The minimum Gasteiger partial charge on any atom is -0.369 e. The van der Waals surface area contributed by atoms with E-state index in [1.807, 2.05) is 11.8 Å². The number of piperidine rings is 1. The van der Waals surface area contributed by atoms with Gasteiger partial charge in [-0.3, -0.25) is 4.79 Å². The molecule has 3 unspecified atom stereocenters. The Bertz CT molecular complexity index is 317. The Morgan fingerprint density at radius 1 is 1.33 bits per heavy atom. The van der Waals surface area contributed by atoms with Gasteiger partial charge in [0.1, 0.15) is 0 Å². The summed E-state index contributed by atoms with van der Waals surface area (Å²) in [5.41, 5.74) is -0.221. The summed E-state index contributed by atoms with van der Waals surface area (Å²) in [6.07, 6.45) is 1.14. The molecule has 2 heterocycles. The summed E-state index contributed by atoms with van der Waals surface area (Å²) >= 11 is 0. The molecule has 104 valence electrons. The van der Waals surface area contributed by atoms with Gasteiger partial charge in [-0.05, 0) is 39.7 Å². The maximum atomic E-state index is 12.6. The van der Waals surface area contributed by atoms with Crippen LogP contribution < -0.4 is 5.32 Å². The number of morpholine rings is 1. The van der Waals surface area contributed by atoms with Crippen molar-refractivity contribution in [3.8, 4) is 0 Å². The van der Waals surface area contributed by atoms with Crippen LogP contribution in [-0.2, 0) is 9.53 Å². The quantitative estimate of drug-likeness (QED) is 0.766. The van der Waals surface area contributed by atoms with E-state index in [2.05, 4.69) is 26.1 Å². The third-order valence-electron chi connectivity index (χ3n) is 3.80. The number of carbonyl (C=O) groups excluding carboxylic acids is 1. The maximum Gasteiger partial charge on any atom is 0.227 e. The second-order valence-electron chi connectivity index (χ2n) is 6.60. The minimum absolute atomic E-state index is 0.131. The van der Waals surface area contributed by atoms with Crippen LogP contribution in [0.25, 0.3) is 0 Å². The standard InChI is InChI=1S/C14H26N2O2/c1-10-5-12(7-15-6-10)13(17)16-8-11(2)18-14(3,4)9-16/h10-12,15H,5-9H2,1-4H3. The van der Waals surface area contributed by atoms with E-state index < -0.39 is 0 Å². The smallest absolute Gasteiger partial charge is 0.227 e. The molecule has 3 atom stereocenters. The number of carbonyl (C=O) groups is 1. The molecule has 0 spiro atoms. The van der Waals surface area contributed by atoms with Gasteiger partial charge in [-0.15, -0.1) is 0 Å². The molecule has 2 saturated heterocycles. The van der Waals surface area contributed by atoms with Crippen LogP contribution in [0.15, 0.2) is 0 Å². The lowest BCUT2D eigenvalue weighted by molar-refractivity contribution is -0.162. The van der Waals surface area contributed by atoms with Gasteiger partial charge in [0.2, 0.25) is 5.91 Å². The fourth-order valence-electron chi connectivity index (χ4n) is 3.22. The van der Waals surface area contributed by atoms with Gasteiger partial charge in [-0.1, -0.05) is 6.92 Å². The maximum absolute atomic E-state index is 12.6. The predicted molar refractivity (Wildman–Crippen MR) is 71.3 cm³/mol. The third kappa shape index (κ3) is 3.23. The Balaban J connectivity index is 1.99. The number of hydrogen-bond acceptors (Lipinski definition) is 3. The highest BCUT2D eigenvalue weighted by molar-refractivity contribution is 5.79. The van der Waals surface area contributed by atoms with Crippen molar-refractivity contribution in [2.45, 2.75) is 45.8 Å². The van der Waals surface area contributed by atoms with Crippen molar-refractivity contribution >= 4 is 5.91 Å². The molecule has 2 rings (SSSR count). The lowest BCUT2D eigenvalue weighted by Gasteiger charge is -2.43. The molecular formula is C14H26N2O2.